The maximum atomic E-state index is 11.6. The number of benzene rings is 1. The van der Waals surface area contributed by atoms with E-state index in [1.165, 1.54) is 0 Å². The van der Waals surface area contributed by atoms with Gasteiger partial charge in [-0.05, 0) is 0 Å². The van der Waals surface area contributed by atoms with Crippen LogP contribution in [0.15, 0.2) is 0 Å². The Labute approximate surface area is 106 Å². The third-order valence-corrected chi connectivity index (χ3v) is 4.01. The molecule has 1 aromatic rings. The molecule has 1 amide bonds. The number of carbonyl (C=O) groups excluding carboxylic acids is 1. The van der Waals surface area contributed by atoms with Crippen LogP contribution in [0, 0.1) is 0 Å². The number of rotatable bonds is 0. The van der Waals surface area contributed by atoms with Gasteiger partial charge in [0, 0.05) is 5.56 Å². The summed E-state index contributed by atoms with van der Waals surface area (Å²) in [5.74, 6) is 5.04. The highest BCUT2D eigenvalue weighted by molar-refractivity contribution is 6.53. The summed E-state index contributed by atoms with van der Waals surface area (Å²) in [6.07, 6.45) is 0. The van der Waals surface area contributed by atoms with Crippen molar-refractivity contribution < 1.29 is 4.79 Å². The van der Waals surface area contributed by atoms with Crippen LogP contribution in [0.1, 0.15) is 15.9 Å². The van der Waals surface area contributed by atoms with E-state index in [0.29, 0.717) is 5.56 Å². The number of hydrogen-bond donors (Lipinski definition) is 1. The minimum Gasteiger partial charge on any atom is -0.272 e. The van der Waals surface area contributed by atoms with Gasteiger partial charge in [0.15, 0.2) is 0 Å². The molecule has 0 aromatic heterocycles. The fourth-order valence-corrected chi connectivity index (χ4v) is 2.47. The van der Waals surface area contributed by atoms with Crippen LogP contribution in [0.4, 0.5) is 0 Å². The first-order chi connectivity index (χ1) is 6.95. The van der Waals surface area contributed by atoms with Crippen molar-refractivity contribution in [1.29, 1.82) is 0 Å². The first kappa shape index (κ1) is 11.3. The van der Waals surface area contributed by atoms with E-state index in [1.807, 2.05) is 0 Å². The number of halogens is 4. The molecule has 0 bridgehead atoms. The summed E-state index contributed by atoms with van der Waals surface area (Å²) in [5.41, 5.74) is 0.752. The van der Waals surface area contributed by atoms with E-state index in [-0.39, 0.29) is 32.2 Å². The monoisotopic (exact) mass is 284 g/mol. The fourth-order valence-electron chi connectivity index (χ4n) is 1.43. The third kappa shape index (κ3) is 1.50. The summed E-state index contributed by atoms with van der Waals surface area (Å²) in [4.78, 5) is 11.6. The van der Waals surface area contributed by atoms with Gasteiger partial charge in [0.1, 0.15) is 0 Å². The van der Waals surface area contributed by atoms with Crippen molar-refractivity contribution in [2.45, 2.75) is 6.54 Å². The largest absolute Gasteiger partial charge is 0.272 e. The van der Waals surface area contributed by atoms with Gasteiger partial charge in [-0.2, -0.15) is 0 Å². The molecule has 0 spiro atoms. The maximum absolute atomic E-state index is 11.6. The lowest BCUT2D eigenvalue weighted by molar-refractivity contribution is 0.0779. The minimum atomic E-state index is -0.407. The Morgan fingerprint density at radius 2 is 1.53 bits per heavy atom. The molecule has 15 heavy (non-hydrogen) atoms. The molecule has 0 unspecified atom stereocenters. The average Bonchev–Trinajstić information content (AvgIpc) is 2.50. The number of nitrogens with two attached hydrogens (primary N) is 1. The Balaban J connectivity index is 2.81. The lowest BCUT2D eigenvalue weighted by atomic mass is 10.1. The van der Waals surface area contributed by atoms with Crippen molar-refractivity contribution in [3.63, 3.8) is 0 Å². The molecule has 2 rings (SSSR count). The molecular formula is C8H4Cl4N2O. The predicted molar refractivity (Wildman–Crippen MR) is 60.5 cm³/mol. The topological polar surface area (TPSA) is 46.3 Å². The summed E-state index contributed by atoms with van der Waals surface area (Å²) < 4.78 is 0. The Morgan fingerprint density at radius 3 is 2.13 bits per heavy atom. The highest BCUT2D eigenvalue weighted by Gasteiger charge is 2.33. The number of nitrogens with zero attached hydrogens (tertiary/aromatic N) is 1. The summed E-state index contributed by atoms with van der Waals surface area (Å²) >= 11 is 23.5. The Hall–Kier alpha value is -0.190. The molecule has 0 saturated carbocycles. The summed E-state index contributed by atoms with van der Waals surface area (Å²) in [6.45, 7) is 0.184. The summed E-state index contributed by atoms with van der Waals surface area (Å²) in [5, 5.41) is 1.55. The first-order valence-electron chi connectivity index (χ1n) is 3.86. The van der Waals surface area contributed by atoms with Crippen LogP contribution in [0.3, 0.4) is 0 Å². The zero-order valence-electron chi connectivity index (χ0n) is 7.15. The van der Waals surface area contributed by atoms with E-state index in [9.17, 15) is 4.79 Å². The molecule has 7 heteroatoms. The normalized spacial score (nSPS) is 14.7. The van der Waals surface area contributed by atoms with Crippen LogP contribution in [0.25, 0.3) is 0 Å². The second-order valence-corrected chi connectivity index (χ2v) is 4.55. The third-order valence-electron chi connectivity index (χ3n) is 2.17. The number of hydrogen-bond acceptors (Lipinski definition) is 2. The molecule has 1 heterocycles. The van der Waals surface area contributed by atoms with E-state index in [4.69, 9.17) is 52.2 Å². The van der Waals surface area contributed by atoms with Crippen LogP contribution in [-0.4, -0.2) is 10.9 Å². The molecule has 0 fully saturated rings. The highest BCUT2D eigenvalue weighted by atomic mass is 35.5. The number of amides is 1. The highest BCUT2D eigenvalue weighted by Crippen LogP contribution is 2.44. The second-order valence-electron chi connectivity index (χ2n) is 3.04. The maximum Gasteiger partial charge on any atom is 0.270 e. The number of hydrazine groups is 1. The average molecular weight is 286 g/mol. The smallest absolute Gasteiger partial charge is 0.270 e. The zero-order chi connectivity index (χ0) is 11.3. The summed E-state index contributed by atoms with van der Waals surface area (Å²) in [7, 11) is 0. The van der Waals surface area contributed by atoms with Crippen molar-refractivity contribution in [2.75, 3.05) is 0 Å². The van der Waals surface area contributed by atoms with Crippen molar-refractivity contribution in [1.82, 2.24) is 5.01 Å². The van der Waals surface area contributed by atoms with Gasteiger partial charge in [-0.1, -0.05) is 46.4 Å². The van der Waals surface area contributed by atoms with Crippen LogP contribution < -0.4 is 5.84 Å². The van der Waals surface area contributed by atoms with Gasteiger partial charge in [-0.3, -0.25) is 9.80 Å². The molecule has 0 atom stereocenters. The van der Waals surface area contributed by atoms with Gasteiger partial charge in [0.05, 0.1) is 32.2 Å². The SMILES string of the molecule is NN1Cc2c(Cl)c(Cl)c(Cl)c(Cl)c2C1=O. The molecular weight excluding hydrogens is 282 g/mol. The van der Waals surface area contributed by atoms with Crippen LogP contribution >= 0.6 is 46.4 Å². The van der Waals surface area contributed by atoms with E-state index in [2.05, 4.69) is 0 Å². The van der Waals surface area contributed by atoms with E-state index in [0.717, 1.165) is 5.01 Å². The van der Waals surface area contributed by atoms with Crippen molar-refractivity contribution in [3.8, 4) is 0 Å². The molecule has 80 valence electrons. The Kier molecular flexibility index (Phi) is 2.77. The molecule has 1 aliphatic rings. The van der Waals surface area contributed by atoms with Gasteiger partial charge in [0.2, 0.25) is 0 Å². The molecule has 2 N–H and O–H groups in total. The first-order valence-corrected chi connectivity index (χ1v) is 5.37. The van der Waals surface area contributed by atoms with Gasteiger partial charge >= 0.3 is 0 Å². The van der Waals surface area contributed by atoms with Gasteiger partial charge in [-0.25, -0.2) is 5.84 Å². The standard InChI is InChI=1S/C8H4Cl4N2O/c9-4-2-1-14(13)8(15)3(2)5(10)7(12)6(4)11/h1,13H2. The van der Waals surface area contributed by atoms with E-state index >= 15 is 0 Å². The van der Waals surface area contributed by atoms with E-state index < -0.39 is 5.91 Å². The Morgan fingerprint density at radius 1 is 1.00 bits per heavy atom. The molecule has 1 aliphatic heterocycles. The predicted octanol–water partition coefficient (Wildman–Crippen LogP) is 3.13. The van der Waals surface area contributed by atoms with Crippen LogP contribution in [0.5, 0.6) is 0 Å². The van der Waals surface area contributed by atoms with Crippen LogP contribution in [-0.2, 0) is 6.54 Å². The minimum absolute atomic E-state index is 0.0748. The molecule has 1 aromatic carbocycles. The van der Waals surface area contributed by atoms with Gasteiger partial charge in [0.25, 0.3) is 5.91 Å². The molecule has 3 nitrogen and oxygen atoms in total. The second kappa shape index (κ2) is 3.68. The zero-order valence-corrected chi connectivity index (χ0v) is 10.2. The van der Waals surface area contributed by atoms with Crippen LogP contribution in [0.2, 0.25) is 20.1 Å². The Bertz CT molecular complexity index is 474. The summed E-state index contributed by atoms with van der Waals surface area (Å²) in [6, 6.07) is 0. The van der Waals surface area contributed by atoms with Gasteiger partial charge in [-0.15, -0.1) is 0 Å². The quantitative estimate of drug-likeness (QED) is 0.345. The van der Waals surface area contributed by atoms with E-state index in [1.54, 1.807) is 0 Å². The van der Waals surface area contributed by atoms with Crippen molar-refractivity contribution >= 4 is 52.3 Å². The lowest BCUT2D eigenvalue weighted by Crippen LogP contribution is -2.30. The lowest BCUT2D eigenvalue weighted by Gasteiger charge is -2.06. The molecule has 0 aliphatic carbocycles. The molecule has 0 saturated heterocycles. The molecule has 0 radical (unpaired) electrons. The number of carbonyl (C=O) groups is 1. The number of fused-ring (bicyclic) bond motifs is 1. The van der Waals surface area contributed by atoms with Crippen molar-refractivity contribution in [2.24, 2.45) is 5.84 Å². The van der Waals surface area contributed by atoms with Crippen molar-refractivity contribution in [3.05, 3.63) is 31.2 Å². The van der Waals surface area contributed by atoms with Gasteiger partial charge < -0.3 is 0 Å². The fraction of sp³-hybridized carbons (Fsp3) is 0.125.